The number of nitrogens with zero attached hydrogens (tertiary/aromatic N) is 2. The van der Waals surface area contributed by atoms with E-state index in [2.05, 4.69) is 9.71 Å². The third-order valence-corrected chi connectivity index (χ3v) is 8.10. The Morgan fingerprint density at radius 2 is 1.96 bits per heavy atom. The minimum absolute atomic E-state index is 0.00373. The van der Waals surface area contributed by atoms with Crippen molar-refractivity contribution in [2.24, 2.45) is 0 Å². The van der Waals surface area contributed by atoms with Gasteiger partial charge in [-0.2, -0.15) is 0 Å². The Morgan fingerprint density at radius 3 is 2.62 bits per heavy atom. The van der Waals surface area contributed by atoms with Crippen molar-refractivity contribution < 1.29 is 21.6 Å². The van der Waals surface area contributed by atoms with Crippen LogP contribution in [0.5, 0.6) is 5.75 Å². The summed E-state index contributed by atoms with van der Waals surface area (Å²) in [6.45, 7) is 0.632. The molecule has 0 unspecified atom stereocenters. The number of methoxy groups -OCH3 is 1. The molecule has 1 saturated carbocycles. The van der Waals surface area contributed by atoms with Gasteiger partial charge in [0.1, 0.15) is 10.6 Å². The van der Waals surface area contributed by atoms with Gasteiger partial charge >= 0.3 is 0 Å². The maximum Gasteiger partial charge on any atom is 0.242 e. The number of pyridine rings is 1. The first-order chi connectivity index (χ1) is 11.3. The van der Waals surface area contributed by atoms with Gasteiger partial charge < -0.3 is 4.74 Å². The molecule has 8 nitrogen and oxygen atoms in total. The molecule has 1 N–H and O–H groups in total. The summed E-state index contributed by atoms with van der Waals surface area (Å²) in [7, 11) is -5.63. The van der Waals surface area contributed by atoms with Gasteiger partial charge in [-0.25, -0.2) is 25.9 Å². The summed E-state index contributed by atoms with van der Waals surface area (Å²) in [5, 5.41) is -0.282. The standard InChI is InChI=1S/C14H21N3O5S2/c1-22-12-7-14(9-15-8-12)23(18,19)16-11-3-2-6-17(10-11)24(20,21)13-4-5-13/h7-9,11,13,16H,2-6,10H2,1H3/t11-/m1/s1. The lowest BCUT2D eigenvalue weighted by atomic mass is 10.1. The molecule has 1 saturated heterocycles. The van der Waals surface area contributed by atoms with E-state index in [0.29, 0.717) is 38.0 Å². The van der Waals surface area contributed by atoms with Gasteiger partial charge in [0.25, 0.3) is 0 Å². The highest BCUT2D eigenvalue weighted by molar-refractivity contribution is 7.90. The van der Waals surface area contributed by atoms with Crippen molar-refractivity contribution >= 4 is 20.0 Å². The van der Waals surface area contributed by atoms with Crippen molar-refractivity contribution in [3.63, 3.8) is 0 Å². The maximum atomic E-state index is 12.5. The topological polar surface area (TPSA) is 106 Å². The Labute approximate surface area is 142 Å². The molecule has 2 heterocycles. The van der Waals surface area contributed by atoms with E-state index in [4.69, 9.17) is 4.74 Å². The Hall–Kier alpha value is -1.23. The normalized spacial score (nSPS) is 23.1. The van der Waals surface area contributed by atoms with E-state index in [0.717, 1.165) is 0 Å². The minimum Gasteiger partial charge on any atom is -0.495 e. The zero-order valence-corrected chi connectivity index (χ0v) is 15.0. The van der Waals surface area contributed by atoms with Crippen molar-refractivity contribution in [1.82, 2.24) is 14.0 Å². The number of ether oxygens (including phenoxy) is 1. The van der Waals surface area contributed by atoms with Gasteiger partial charge in [0.15, 0.2) is 0 Å². The molecule has 10 heteroatoms. The predicted molar refractivity (Wildman–Crippen MR) is 87.6 cm³/mol. The van der Waals surface area contributed by atoms with Crippen LogP contribution in [-0.4, -0.2) is 57.6 Å². The van der Waals surface area contributed by atoms with Crippen LogP contribution in [0.3, 0.4) is 0 Å². The summed E-state index contributed by atoms with van der Waals surface area (Å²) >= 11 is 0. The van der Waals surface area contributed by atoms with Gasteiger partial charge in [-0.15, -0.1) is 0 Å². The van der Waals surface area contributed by atoms with Crippen LogP contribution in [0.2, 0.25) is 0 Å². The van der Waals surface area contributed by atoms with E-state index in [1.165, 1.54) is 29.9 Å². The van der Waals surface area contributed by atoms with Gasteiger partial charge in [-0.3, -0.25) is 4.98 Å². The summed E-state index contributed by atoms with van der Waals surface area (Å²) in [4.78, 5) is 3.85. The van der Waals surface area contributed by atoms with E-state index in [1.807, 2.05) is 0 Å². The van der Waals surface area contributed by atoms with Crippen LogP contribution in [0.4, 0.5) is 0 Å². The van der Waals surface area contributed by atoms with E-state index >= 15 is 0 Å². The van der Waals surface area contributed by atoms with E-state index in [9.17, 15) is 16.8 Å². The SMILES string of the molecule is COc1cncc(S(=O)(=O)N[C@@H]2CCCN(S(=O)(=O)C3CC3)C2)c1. The highest BCUT2D eigenvalue weighted by atomic mass is 32.2. The van der Waals surface area contributed by atoms with Gasteiger partial charge in [0.05, 0.1) is 18.6 Å². The molecule has 1 aliphatic carbocycles. The summed E-state index contributed by atoms with van der Waals surface area (Å²) in [6, 6.07) is 0.945. The molecule has 134 valence electrons. The Morgan fingerprint density at radius 1 is 1.21 bits per heavy atom. The van der Waals surface area contributed by atoms with Crippen molar-refractivity contribution in [2.45, 2.75) is 41.9 Å². The monoisotopic (exact) mass is 375 g/mol. The summed E-state index contributed by atoms with van der Waals surface area (Å²) < 4.78 is 58.7. The molecule has 0 bridgehead atoms. The fourth-order valence-electron chi connectivity index (χ4n) is 2.79. The number of hydrogen-bond acceptors (Lipinski definition) is 6. The minimum atomic E-state index is -3.78. The summed E-state index contributed by atoms with van der Waals surface area (Å²) in [5.74, 6) is 0.347. The van der Waals surface area contributed by atoms with Crippen molar-refractivity contribution in [3.05, 3.63) is 18.5 Å². The molecule has 0 aromatic carbocycles. The maximum absolute atomic E-state index is 12.5. The Balaban J connectivity index is 1.72. The third kappa shape index (κ3) is 3.71. The highest BCUT2D eigenvalue weighted by Gasteiger charge is 2.42. The zero-order chi connectivity index (χ0) is 17.4. The smallest absolute Gasteiger partial charge is 0.242 e. The highest BCUT2D eigenvalue weighted by Crippen LogP contribution is 2.32. The molecule has 1 aliphatic heterocycles. The summed E-state index contributed by atoms with van der Waals surface area (Å²) in [5.41, 5.74) is 0. The predicted octanol–water partition coefficient (Wildman–Crippen LogP) is 0.325. The van der Waals surface area contributed by atoms with Crippen LogP contribution < -0.4 is 9.46 Å². The second-order valence-electron chi connectivity index (χ2n) is 6.12. The third-order valence-electron chi connectivity index (χ3n) is 4.25. The largest absolute Gasteiger partial charge is 0.495 e. The first-order valence-corrected chi connectivity index (χ1v) is 10.8. The lowest BCUT2D eigenvalue weighted by Gasteiger charge is -2.32. The van der Waals surface area contributed by atoms with E-state index in [1.54, 1.807) is 0 Å². The number of rotatable bonds is 6. The fraction of sp³-hybridized carbons (Fsp3) is 0.643. The van der Waals surface area contributed by atoms with Crippen LogP contribution in [0.25, 0.3) is 0 Å². The van der Waals surface area contributed by atoms with Crippen LogP contribution >= 0.6 is 0 Å². The lowest BCUT2D eigenvalue weighted by molar-refractivity contribution is 0.303. The number of hydrogen-bond donors (Lipinski definition) is 1. The molecule has 1 atom stereocenters. The summed E-state index contributed by atoms with van der Waals surface area (Å²) in [6.07, 6.45) is 5.30. The number of aromatic nitrogens is 1. The van der Waals surface area contributed by atoms with Gasteiger partial charge in [0, 0.05) is 31.4 Å². The Bertz CT molecular complexity index is 805. The zero-order valence-electron chi connectivity index (χ0n) is 13.4. The van der Waals surface area contributed by atoms with E-state index < -0.39 is 26.1 Å². The molecule has 1 aromatic rings. The molecule has 3 rings (SSSR count). The van der Waals surface area contributed by atoms with Gasteiger partial charge in [0.2, 0.25) is 20.0 Å². The quantitative estimate of drug-likeness (QED) is 0.768. The molecule has 0 radical (unpaired) electrons. The van der Waals surface area contributed by atoms with Crippen molar-refractivity contribution in [3.8, 4) is 5.75 Å². The molecule has 2 fully saturated rings. The lowest BCUT2D eigenvalue weighted by Crippen LogP contribution is -2.50. The van der Waals surface area contributed by atoms with Crippen LogP contribution in [0.15, 0.2) is 23.4 Å². The van der Waals surface area contributed by atoms with Gasteiger partial charge in [-0.05, 0) is 25.7 Å². The average molecular weight is 375 g/mol. The average Bonchev–Trinajstić information content (AvgIpc) is 3.40. The molecule has 24 heavy (non-hydrogen) atoms. The van der Waals surface area contributed by atoms with Crippen molar-refractivity contribution in [1.29, 1.82) is 0 Å². The first kappa shape index (κ1) is 17.6. The van der Waals surface area contributed by atoms with E-state index in [-0.39, 0.29) is 16.7 Å². The van der Waals surface area contributed by atoms with Gasteiger partial charge in [-0.1, -0.05) is 0 Å². The molecular weight excluding hydrogens is 354 g/mol. The number of nitrogens with one attached hydrogen (secondary N) is 1. The second kappa shape index (κ2) is 6.58. The Kier molecular flexibility index (Phi) is 4.82. The van der Waals surface area contributed by atoms with Crippen LogP contribution in [0, 0.1) is 0 Å². The first-order valence-electron chi connectivity index (χ1n) is 7.83. The second-order valence-corrected chi connectivity index (χ2v) is 10.1. The molecule has 0 spiro atoms. The number of sulfonamides is 2. The van der Waals surface area contributed by atoms with Crippen LogP contribution in [0.1, 0.15) is 25.7 Å². The molecule has 2 aliphatic rings. The molecule has 1 aromatic heterocycles. The molecule has 0 amide bonds. The molecular formula is C14H21N3O5S2. The fourth-order valence-corrected chi connectivity index (χ4v) is 5.95. The van der Waals surface area contributed by atoms with Crippen molar-refractivity contribution in [2.75, 3.05) is 20.2 Å². The number of piperidine rings is 1. The van der Waals surface area contributed by atoms with Crippen LogP contribution in [-0.2, 0) is 20.0 Å².